The minimum Gasteiger partial charge on any atom is -0.384 e. The molecule has 0 aromatic heterocycles. The Morgan fingerprint density at radius 3 is 2.27 bits per heavy atom. The van der Waals surface area contributed by atoms with Crippen LogP contribution >= 0.6 is 0 Å². The third kappa shape index (κ3) is 3.36. The van der Waals surface area contributed by atoms with Gasteiger partial charge < -0.3 is 10.4 Å². The van der Waals surface area contributed by atoms with E-state index in [4.69, 9.17) is 5.11 Å². The molecule has 0 aliphatic rings. The lowest BCUT2D eigenvalue weighted by Crippen LogP contribution is -2.34. The summed E-state index contributed by atoms with van der Waals surface area (Å²) in [4.78, 5) is 11.2. The summed E-state index contributed by atoms with van der Waals surface area (Å²) in [6, 6.07) is 7.87. The maximum atomic E-state index is 11.2. The van der Waals surface area contributed by atoms with E-state index in [1.54, 1.807) is 0 Å². The molecule has 0 fully saturated rings. The van der Waals surface area contributed by atoms with Crippen LogP contribution in [0.25, 0.3) is 0 Å². The fraction of sp³-hybridized carbons (Fsp3) is 0.417. The number of carbonyl (C=O) groups excluding carboxylic acids is 1. The minimum absolute atomic E-state index is 0.0762. The SMILES string of the molecule is Cc1ccc(C(C)NC(=O)C(C)O)cc1. The van der Waals surface area contributed by atoms with Gasteiger partial charge in [-0.15, -0.1) is 0 Å². The highest BCUT2D eigenvalue weighted by Crippen LogP contribution is 2.12. The first-order valence-electron chi connectivity index (χ1n) is 5.05. The Kier molecular flexibility index (Phi) is 3.86. The Bertz CT molecular complexity index is 330. The van der Waals surface area contributed by atoms with Crippen LogP contribution in [0.4, 0.5) is 0 Å². The molecule has 0 saturated carbocycles. The molecule has 2 unspecified atom stereocenters. The van der Waals surface area contributed by atoms with Crippen LogP contribution in [0.3, 0.4) is 0 Å². The molecule has 1 rings (SSSR count). The summed E-state index contributed by atoms with van der Waals surface area (Å²) in [6.45, 7) is 5.37. The summed E-state index contributed by atoms with van der Waals surface area (Å²) < 4.78 is 0. The smallest absolute Gasteiger partial charge is 0.249 e. The quantitative estimate of drug-likeness (QED) is 0.790. The van der Waals surface area contributed by atoms with Gasteiger partial charge in [0.2, 0.25) is 5.91 Å². The average Bonchev–Trinajstić information content (AvgIpc) is 2.18. The van der Waals surface area contributed by atoms with E-state index < -0.39 is 6.10 Å². The van der Waals surface area contributed by atoms with E-state index in [1.807, 2.05) is 38.1 Å². The van der Waals surface area contributed by atoms with E-state index >= 15 is 0 Å². The third-order valence-corrected chi connectivity index (χ3v) is 2.32. The highest BCUT2D eigenvalue weighted by Gasteiger charge is 2.12. The lowest BCUT2D eigenvalue weighted by Gasteiger charge is -2.15. The number of aliphatic hydroxyl groups excluding tert-OH is 1. The summed E-state index contributed by atoms with van der Waals surface area (Å²) in [7, 11) is 0. The van der Waals surface area contributed by atoms with Gasteiger partial charge in [-0.05, 0) is 26.3 Å². The Balaban J connectivity index is 2.65. The fourth-order valence-corrected chi connectivity index (χ4v) is 1.27. The molecule has 2 atom stereocenters. The predicted octanol–water partition coefficient (Wildman–Crippen LogP) is 1.55. The molecule has 1 amide bonds. The highest BCUT2D eigenvalue weighted by molar-refractivity contribution is 5.80. The number of nitrogens with one attached hydrogen (secondary N) is 1. The molecule has 3 heteroatoms. The van der Waals surface area contributed by atoms with Crippen LogP contribution < -0.4 is 5.32 Å². The van der Waals surface area contributed by atoms with E-state index in [1.165, 1.54) is 12.5 Å². The van der Waals surface area contributed by atoms with E-state index in [0.29, 0.717) is 0 Å². The second kappa shape index (κ2) is 4.94. The molecule has 0 aliphatic heterocycles. The molecule has 1 aromatic rings. The molecular weight excluding hydrogens is 190 g/mol. The van der Waals surface area contributed by atoms with Crippen molar-refractivity contribution in [2.45, 2.75) is 32.9 Å². The van der Waals surface area contributed by atoms with Crippen molar-refractivity contribution in [2.24, 2.45) is 0 Å². The standard InChI is InChI=1S/C12H17NO2/c1-8-4-6-11(7-5-8)9(2)13-12(15)10(3)14/h4-7,9-10,14H,1-3H3,(H,13,15). The van der Waals surface area contributed by atoms with Crippen LogP contribution in [0.2, 0.25) is 0 Å². The van der Waals surface area contributed by atoms with Gasteiger partial charge in [0.1, 0.15) is 6.10 Å². The summed E-state index contributed by atoms with van der Waals surface area (Å²) in [5, 5.41) is 11.8. The van der Waals surface area contributed by atoms with Crippen LogP contribution in [-0.2, 0) is 4.79 Å². The van der Waals surface area contributed by atoms with Crippen LogP contribution in [0.15, 0.2) is 24.3 Å². The van der Waals surface area contributed by atoms with Crippen molar-refractivity contribution in [3.8, 4) is 0 Å². The Hall–Kier alpha value is -1.35. The minimum atomic E-state index is -0.960. The molecule has 0 radical (unpaired) electrons. The topological polar surface area (TPSA) is 49.3 Å². The van der Waals surface area contributed by atoms with Crippen LogP contribution in [0, 0.1) is 6.92 Å². The lowest BCUT2D eigenvalue weighted by molar-refractivity contribution is -0.129. The molecule has 82 valence electrons. The van der Waals surface area contributed by atoms with Crippen molar-refractivity contribution in [3.63, 3.8) is 0 Å². The van der Waals surface area contributed by atoms with Crippen molar-refractivity contribution in [2.75, 3.05) is 0 Å². The number of benzene rings is 1. The van der Waals surface area contributed by atoms with Crippen molar-refractivity contribution in [1.29, 1.82) is 0 Å². The first-order valence-corrected chi connectivity index (χ1v) is 5.05. The van der Waals surface area contributed by atoms with E-state index in [0.717, 1.165) is 5.56 Å². The number of amides is 1. The summed E-state index contributed by atoms with van der Waals surface area (Å²) in [5.41, 5.74) is 2.22. The van der Waals surface area contributed by atoms with Crippen LogP contribution in [0.1, 0.15) is 31.0 Å². The molecule has 15 heavy (non-hydrogen) atoms. The number of rotatable bonds is 3. The number of aryl methyl sites for hydroxylation is 1. The van der Waals surface area contributed by atoms with Crippen molar-refractivity contribution >= 4 is 5.91 Å². The Morgan fingerprint density at radius 2 is 1.80 bits per heavy atom. The molecule has 0 aliphatic carbocycles. The Morgan fingerprint density at radius 1 is 1.27 bits per heavy atom. The second-order valence-corrected chi connectivity index (χ2v) is 3.82. The van der Waals surface area contributed by atoms with Gasteiger partial charge in [0.25, 0.3) is 0 Å². The summed E-state index contributed by atoms with van der Waals surface area (Å²) in [5.74, 6) is -0.344. The fourth-order valence-electron chi connectivity index (χ4n) is 1.27. The molecule has 0 spiro atoms. The molecule has 1 aromatic carbocycles. The van der Waals surface area contributed by atoms with Gasteiger partial charge in [-0.3, -0.25) is 4.79 Å². The molecule has 2 N–H and O–H groups in total. The largest absolute Gasteiger partial charge is 0.384 e. The Labute approximate surface area is 90.1 Å². The number of hydrogen-bond donors (Lipinski definition) is 2. The van der Waals surface area contributed by atoms with Crippen molar-refractivity contribution in [3.05, 3.63) is 35.4 Å². The van der Waals surface area contributed by atoms with Crippen LogP contribution in [0.5, 0.6) is 0 Å². The first kappa shape index (κ1) is 11.7. The van der Waals surface area contributed by atoms with Gasteiger partial charge in [-0.1, -0.05) is 29.8 Å². The molecule has 3 nitrogen and oxygen atoms in total. The predicted molar refractivity (Wildman–Crippen MR) is 59.4 cm³/mol. The highest BCUT2D eigenvalue weighted by atomic mass is 16.3. The monoisotopic (exact) mass is 207 g/mol. The molecule has 0 bridgehead atoms. The molecular formula is C12H17NO2. The average molecular weight is 207 g/mol. The lowest BCUT2D eigenvalue weighted by atomic mass is 10.1. The summed E-state index contributed by atoms with van der Waals surface area (Å²) in [6.07, 6.45) is -0.960. The van der Waals surface area contributed by atoms with Gasteiger partial charge in [-0.2, -0.15) is 0 Å². The van der Waals surface area contributed by atoms with Gasteiger partial charge in [0.15, 0.2) is 0 Å². The molecule has 0 heterocycles. The van der Waals surface area contributed by atoms with Gasteiger partial charge in [0.05, 0.1) is 6.04 Å². The van der Waals surface area contributed by atoms with Crippen LogP contribution in [-0.4, -0.2) is 17.1 Å². The van der Waals surface area contributed by atoms with Gasteiger partial charge in [-0.25, -0.2) is 0 Å². The number of aliphatic hydroxyl groups is 1. The normalized spacial score (nSPS) is 14.4. The maximum absolute atomic E-state index is 11.2. The zero-order valence-electron chi connectivity index (χ0n) is 9.32. The number of carbonyl (C=O) groups is 1. The zero-order valence-corrected chi connectivity index (χ0v) is 9.32. The van der Waals surface area contributed by atoms with Crippen molar-refractivity contribution in [1.82, 2.24) is 5.32 Å². The maximum Gasteiger partial charge on any atom is 0.249 e. The first-order chi connectivity index (χ1) is 7.00. The van der Waals surface area contributed by atoms with Gasteiger partial charge >= 0.3 is 0 Å². The second-order valence-electron chi connectivity index (χ2n) is 3.82. The third-order valence-electron chi connectivity index (χ3n) is 2.32. The summed E-state index contributed by atoms with van der Waals surface area (Å²) >= 11 is 0. The number of hydrogen-bond acceptors (Lipinski definition) is 2. The zero-order chi connectivity index (χ0) is 11.4. The van der Waals surface area contributed by atoms with E-state index in [9.17, 15) is 4.79 Å². The van der Waals surface area contributed by atoms with Crippen molar-refractivity contribution < 1.29 is 9.90 Å². The van der Waals surface area contributed by atoms with Gasteiger partial charge in [0, 0.05) is 0 Å². The van der Waals surface area contributed by atoms with E-state index in [-0.39, 0.29) is 11.9 Å². The molecule has 0 saturated heterocycles. The van der Waals surface area contributed by atoms with E-state index in [2.05, 4.69) is 5.32 Å².